The largest absolute Gasteiger partial charge is 0.466 e. The quantitative estimate of drug-likeness (QED) is 0.786. The fraction of sp³-hybridized carbons (Fsp3) is 0.263. The molecule has 4 rings (SSSR count). The van der Waals surface area contributed by atoms with Crippen LogP contribution in [0.4, 0.5) is 5.69 Å². The maximum atomic E-state index is 12.6. The van der Waals surface area contributed by atoms with E-state index in [1.54, 1.807) is 18.2 Å². The van der Waals surface area contributed by atoms with E-state index < -0.39 is 17.4 Å². The number of hydrogen-bond acceptors (Lipinski definition) is 5. The lowest BCUT2D eigenvalue weighted by molar-refractivity contribution is -0.146. The van der Waals surface area contributed by atoms with Gasteiger partial charge < -0.3 is 24.8 Å². The second kappa shape index (κ2) is 6.66. The van der Waals surface area contributed by atoms with Gasteiger partial charge in [-0.25, -0.2) is 0 Å². The molecule has 1 unspecified atom stereocenters. The molecule has 0 saturated carbocycles. The highest BCUT2D eigenvalue weighted by Gasteiger charge is 2.47. The fourth-order valence-corrected chi connectivity index (χ4v) is 3.10. The minimum absolute atomic E-state index is 0.215. The molecule has 27 heavy (non-hydrogen) atoms. The molecule has 2 aromatic carbocycles. The molecule has 2 heterocycles. The van der Waals surface area contributed by atoms with Gasteiger partial charge in [0.2, 0.25) is 6.79 Å². The highest BCUT2D eigenvalue weighted by Crippen LogP contribution is 2.36. The number of rotatable bonds is 4. The Balaban J connectivity index is 1.40. The first-order chi connectivity index (χ1) is 13.0. The molecule has 0 bridgehead atoms. The molecule has 2 aromatic rings. The smallest absolute Gasteiger partial charge is 0.278 e. The van der Waals surface area contributed by atoms with E-state index in [0.717, 1.165) is 5.56 Å². The molecule has 0 spiro atoms. The van der Waals surface area contributed by atoms with Gasteiger partial charge >= 0.3 is 0 Å². The first-order valence-corrected chi connectivity index (χ1v) is 8.80. The zero-order valence-electron chi connectivity index (χ0n) is 14.5. The van der Waals surface area contributed by atoms with Crippen LogP contribution in [0.2, 0.25) is 5.02 Å². The van der Waals surface area contributed by atoms with Crippen molar-refractivity contribution in [3.8, 4) is 17.2 Å². The Hall–Kier alpha value is -2.93. The summed E-state index contributed by atoms with van der Waals surface area (Å²) in [5, 5.41) is 5.89. The van der Waals surface area contributed by atoms with Gasteiger partial charge in [0.25, 0.3) is 17.4 Å². The molecule has 2 aliphatic rings. The Morgan fingerprint density at radius 1 is 1.19 bits per heavy atom. The topological polar surface area (TPSA) is 85.9 Å². The first-order valence-electron chi connectivity index (χ1n) is 8.42. The molecule has 0 aliphatic carbocycles. The molecule has 2 N–H and O–H groups in total. The predicted molar refractivity (Wildman–Crippen MR) is 98.4 cm³/mol. The van der Waals surface area contributed by atoms with E-state index in [4.69, 9.17) is 25.8 Å². The fourth-order valence-electron chi connectivity index (χ4n) is 2.93. The molecule has 2 aliphatic heterocycles. The number of hydrogen-bond donors (Lipinski definition) is 2. The van der Waals surface area contributed by atoms with E-state index in [2.05, 4.69) is 10.6 Å². The van der Waals surface area contributed by atoms with Crippen LogP contribution >= 0.6 is 11.6 Å². The van der Waals surface area contributed by atoms with Gasteiger partial charge in [0.05, 0.1) is 5.69 Å². The van der Waals surface area contributed by atoms with Crippen LogP contribution in [0.5, 0.6) is 17.2 Å². The zero-order valence-corrected chi connectivity index (χ0v) is 15.3. The molecule has 2 amide bonds. The third-order valence-corrected chi connectivity index (χ3v) is 4.74. The van der Waals surface area contributed by atoms with E-state index in [9.17, 15) is 9.59 Å². The number of carbonyl (C=O) groups excluding carboxylic acids is 2. The molecule has 1 atom stereocenters. The summed E-state index contributed by atoms with van der Waals surface area (Å²) in [7, 11) is 0. The number of anilines is 1. The molecular formula is C19H17ClN2O5. The Labute approximate surface area is 160 Å². The van der Waals surface area contributed by atoms with Crippen LogP contribution in [0.3, 0.4) is 0 Å². The number of amides is 2. The van der Waals surface area contributed by atoms with Crippen molar-refractivity contribution in [3.63, 3.8) is 0 Å². The van der Waals surface area contributed by atoms with Crippen molar-refractivity contribution >= 4 is 29.1 Å². The number of halogens is 1. The van der Waals surface area contributed by atoms with Crippen LogP contribution in [0.25, 0.3) is 0 Å². The summed E-state index contributed by atoms with van der Waals surface area (Å²) in [5.41, 5.74) is -0.229. The van der Waals surface area contributed by atoms with Crippen molar-refractivity contribution in [3.05, 3.63) is 47.0 Å². The predicted octanol–water partition coefficient (Wildman–Crippen LogP) is 2.52. The zero-order chi connectivity index (χ0) is 19.0. The van der Waals surface area contributed by atoms with Crippen LogP contribution in [0.15, 0.2) is 36.4 Å². The molecule has 140 valence electrons. The number of fused-ring (bicyclic) bond motifs is 2. The minimum Gasteiger partial charge on any atom is -0.466 e. The maximum absolute atomic E-state index is 12.6. The van der Waals surface area contributed by atoms with Crippen molar-refractivity contribution in [2.75, 3.05) is 18.7 Å². The van der Waals surface area contributed by atoms with Gasteiger partial charge in [0, 0.05) is 11.6 Å². The summed E-state index contributed by atoms with van der Waals surface area (Å²) in [6.07, 6.45) is 0.576. The summed E-state index contributed by atoms with van der Waals surface area (Å²) in [6, 6.07) is 10.4. The third kappa shape index (κ3) is 3.26. The van der Waals surface area contributed by atoms with Crippen molar-refractivity contribution in [2.24, 2.45) is 0 Å². The second-order valence-electron chi connectivity index (χ2n) is 6.42. The average Bonchev–Trinajstić information content (AvgIpc) is 3.11. The lowest BCUT2D eigenvalue weighted by atomic mass is 10.0. The van der Waals surface area contributed by atoms with Crippen LogP contribution < -0.4 is 24.8 Å². The van der Waals surface area contributed by atoms with Crippen LogP contribution in [-0.2, 0) is 16.0 Å². The van der Waals surface area contributed by atoms with E-state index >= 15 is 0 Å². The Morgan fingerprint density at radius 3 is 2.81 bits per heavy atom. The Bertz CT molecular complexity index is 932. The summed E-state index contributed by atoms with van der Waals surface area (Å²) in [5.74, 6) is 0.740. The molecule has 0 aromatic heterocycles. The molecule has 0 radical (unpaired) electrons. The summed E-state index contributed by atoms with van der Waals surface area (Å²) in [6.45, 7) is 2.00. The summed E-state index contributed by atoms with van der Waals surface area (Å²) in [4.78, 5) is 25.0. The van der Waals surface area contributed by atoms with E-state index in [1.807, 2.05) is 18.2 Å². The molecule has 8 heteroatoms. The molecular weight excluding hydrogens is 372 g/mol. The third-order valence-electron chi connectivity index (χ3n) is 4.51. The SMILES string of the molecule is CC1(C(=O)NCCc2ccc3c(c2)OCO3)Oc2ccc(Cl)cc2NC1=O. The summed E-state index contributed by atoms with van der Waals surface area (Å²) < 4.78 is 16.3. The van der Waals surface area contributed by atoms with E-state index in [1.165, 1.54) is 6.92 Å². The van der Waals surface area contributed by atoms with Gasteiger partial charge in [0.1, 0.15) is 5.75 Å². The lowest BCUT2D eigenvalue weighted by Gasteiger charge is -2.33. The average molecular weight is 389 g/mol. The molecule has 7 nitrogen and oxygen atoms in total. The van der Waals surface area contributed by atoms with E-state index in [0.29, 0.717) is 40.9 Å². The van der Waals surface area contributed by atoms with Crippen LogP contribution in [-0.4, -0.2) is 30.8 Å². The summed E-state index contributed by atoms with van der Waals surface area (Å²) >= 11 is 5.92. The van der Waals surface area contributed by atoms with Crippen molar-refractivity contribution in [1.29, 1.82) is 0 Å². The second-order valence-corrected chi connectivity index (χ2v) is 6.86. The monoisotopic (exact) mass is 388 g/mol. The Kier molecular flexibility index (Phi) is 4.31. The van der Waals surface area contributed by atoms with Gasteiger partial charge in [-0.3, -0.25) is 9.59 Å². The maximum Gasteiger partial charge on any atom is 0.278 e. The number of nitrogens with one attached hydrogen (secondary N) is 2. The van der Waals surface area contributed by atoms with Gasteiger partial charge in [-0.1, -0.05) is 17.7 Å². The lowest BCUT2D eigenvalue weighted by Crippen LogP contribution is -2.58. The minimum atomic E-state index is -1.66. The van der Waals surface area contributed by atoms with Crippen molar-refractivity contribution in [1.82, 2.24) is 5.32 Å². The van der Waals surface area contributed by atoms with Gasteiger partial charge in [-0.05, 0) is 49.2 Å². The molecule has 0 fully saturated rings. The molecule has 0 saturated heterocycles. The van der Waals surface area contributed by atoms with Crippen LogP contribution in [0.1, 0.15) is 12.5 Å². The number of ether oxygens (including phenoxy) is 3. The van der Waals surface area contributed by atoms with Gasteiger partial charge in [-0.15, -0.1) is 0 Å². The number of carbonyl (C=O) groups is 2. The van der Waals surface area contributed by atoms with Gasteiger partial charge in [0.15, 0.2) is 11.5 Å². The number of benzene rings is 2. The normalized spacial score (nSPS) is 19.7. The van der Waals surface area contributed by atoms with Crippen molar-refractivity contribution in [2.45, 2.75) is 18.9 Å². The highest BCUT2D eigenvalue weighted by molar-refractivity contribution is 6.31. The highest BCUT2D eigenvalue weighted by atomic mass is 35.5. The van der Waals surface area contributed by atoms with Crippen molar-refractivity contribution < 1.29 is 23.8 Å². The Morgan fingerprint density at radius 2 is 1.96 bits per heavy atom. The standard InChI is InChI=1S/C19H17ClN2O5/c1-19(18(24)22-13-9-12(20)3-5-14(13)27-19)17(23)21-7-6-11-2-4-15-16(8-11)26-10-25-15/h2-5,8-9H,6-7,10H2,1H3,(H,21,23)(H,22,24). The van der Waals surface area contributed by atoms with E-state index in [-0.39, 0.29) is 6.79 Å². The van der Waals surface area contributed by atoms with Gasteiger partial charge in [-0.2, -0.15) is 0 Å². The first kappa shape index (κ1) is 17.5. The van der Waals surface area contributed by atoms with Crippen LogP contribution in [0, 0.1) is 0 Å².